The lowest BCUT2D eigenvalue weighted by atomic mass is 9.93. The van der Waals surface area contributed by atoms with Crippen molar-refractivity contribution in [3.63, 3.8) is 0 Å². The molecule has 0 saturated carbocycles. The molecule has 8 N–H and O–H groups in total. The maximum atomic E-state index is 13.9. The fourth-order valence-electron chi connectivity index (χ4n) is 6.65. The number of nitrogens with zero attached hydrogens (tertiary/aromatic N) is 2. The lowest BCUT2D eigenvalue weighted by molar-refractivity contribution is -0.136. The van der Waals surface area contributed by atoms with Gasteiger partial charge < -0.3 is 46.8 Å². The number of amides is 5. The molecule has 0 fully saturated rings. The van der Waals surface area contributed by atoms with E-state index in [-0.39, 0.29) is 44.1 Å². The van der Waals surface area contributed by atoms with Crippen LogP contribution in [0.4, 0.5) is 28.4 Å². The molecule has 5 aromatic rings. The number of carbonyl (C=O) groups excluding carboxylic acids is 4. The minimum atomic E-state index is -4.57. The number of primary amides is 1. The highest BCUT2D eigenvalue weighted by atomic mass is 32.2. The Labute approximate surface area is 378 Å². The average Bonchev–Trinajstić information content (AvgIpc) is 3.28. The van der Waals surface area contributed by atoms with Crippen LogP contribution in [0.3, 0.4) is 0 Å². The Morgan fingerprint density at radius 2 is 1.60 bits per heavy atom. The summed E-state index contributed by atoms with van der Waals surface area (Å²) in [5, 5.41) is 10.9. The second-order valence-electron chi connectivity index (χ2n) is 15.4. The number of likely N-dealkylation sites (N-methyl/N-ethyl adjacent to an activating group) is 1. The topological polar surface area (TPSA) is 226 Å². The summed E-state index contributed by atoms with van der Waals surface area (Å²) < 4.78 is 68.1. The maximum absolute atomic E-state index is 13.9. The van der Waals surface area contributed by atoms with Crippen LogP contribution >= 0.6 is 0 Å². The fourth-order valence-corrected chi connectivity index (χ4v) is 7.68. The predicted octanol–water partition coefficient (Wildman–Crippen LogP) is 7.01. The van der Waals surface area contributed by atoms with Gasteiger partial charge in [-0.15, -0.1) is 4.31 Å². The summed E-state index contributed by atoms with van der Waals surface area (Å²) in [6.45, 7) is 5.94. The van der Waals surface area contributed by atoms with Crippen molar-refractivity contribution < 1.29 is 46.4 Å². The minimum absolute atomic E-state index is 0.0753. The SMILES string of the molecule is CCc1cnc2c(C(F)(F)F)cccc2c1-c1cccc(Oc2cccc([S+]([O-])N(C)CCNC(=O)OCc3ccc(NC(=O)[C@H](CCCNC(N)=O)NC(=O)[C@@H](N)C(C)C)cc3)c2)c1. The first-order valence-corrected chi connectivity index (χ1v) is 21.9. The smallest absolute Gasteiger partial charge is 0.418 e. The molecular formula is C46H53F3N8O7S. The molecule has 1 heterocycles. The number of carbonyl (C=O) groups is 4. The van der Waals surface area contributed by atoms with Crippen molar-refractivity contribution in [2.24, 2.45) is 17.4 Å². The van der Waals surface area contributed by atoms with Crippen molar-refractivity contribution >= 4 is 51.9 Å². The molecule has 0 aliphatic heterocycles. The molecule has 5 rings (SSSR count). The minimum Gasteiger partial charge on any atom is -0.593 e. The van der Waals surface area contributed by atoms with Gasteiger partial charge in [-0.3, -0.25) is 14.6 Å². The van der Waals surface area contributed by atoms with Gasteiger partial charge in [-0.1, -0.05) is 63.2 Å². The van der Waals surface area contributed by atoms with Gasteiger partial charge in [0.05, 0.1) is 35.0 Å². The van der Waals surface area contributed by atoms with Crippen molar-refractivity contribution in [1.82, 2.24) is 25.2 Å². The highest BCUT2D eigenvalue weighted by molar-refractivity contribution is 7.89. The highest BCUT2D eigenvalue weighted by Gasteiger charge is 2.34. The van der Waals surface area contributed by atoms with E-state index in [4.69, 9.17) is 20.9 Å². The lowest BCUT2D eigenvalue weighted by Gasteiger charge is -2.22. The van der Waals surface area contributed by atoms with Gasteiger partial charge in [0, 0.05) is 43.5 Å². The molecule has 346 valence electrons. The second kappa shape index (κ2) is 23.0. The third kappa shape index (κ3) is 14.0. The summed E-state index contributed by atoms with van der Waals surface area (Å²) in [5.74, 6) is -0.303. The first-order valence-electron chi connectivity index (χ1n) is 20.8. The molecule has 0 aliphatic carbocycles. The largest absolute Gasteiger partial charge is 0.593 e. The van der Waals surface area contributed by atoms with Crippen molar-refractivity contribution in [2.75, 3.05) is 32.0 Å². The number of nitrogens with two attached hydrogens (primary N) is 2. The van der Waals surface area contributed by atoms with Crippen LogP contribution in [-0.4, -0.2) is 76.5 Å². The number of ether oxygens (including phenoxy) is 2. The van der Waals surface area contributed by atoms with Crippen LogP contribution < -0.4 is 37.5 Å². The molecule has 0 radical (unpaired) electrons. The van der Waals surface area contributed by atoms with Gasteiger partial charge in [0.15, 0.2) is 4.90 Å². The highest BCUT2D eigenvalue weighted by Crippen LogP contribution is 2.39. The van der Waals surface area contributed by atoms with Gasteiger partial charge in [0.25, 0.3) is 0 Å². The summed E-state index contributed by atoms with van der Waals surface area (Å²) in [5.41, 5.74) is 13.3. The molecule has 0 saturated heterocycles. The predicted molar refractivity (Wildman–Crippen MR) is 242 cm³/mol. The number of hydrogen-bond donors (Lipinski definition) is 6. The van der Waals surface area contributed by atoms with Gasteiger partial charge in [-0.2, -0.15) is 13.2 Å². The zero-order valence-electron chi connectivity index (χ0n) is 36.4. The van der Waals surface area contributed by atoms with E-state index in [1.54, 1.807) is 99.8 Å². The van der Waals surface area contributed by atoms with Crippen LogP contribution in [0.1, 0.15) is 50.3 Å². The normalized spacial score (nSPS) is 12.9. The molecule has 0 bridgehead atoms. The zero-order chi connectivity index (χ0) is 47.3. The van der Waals surface area contributed by atoms with Gasteiger partial charge in [0.2, 0.25) is 11.8 Å². The average molecular weight is 919 g/mol. The van der Waals surface area contributed by atoms with Crippen LogP contribution in [0.15, 0.2) is 102 Å². The number of aromatic nitrogens is 1. The molecule has 1 unspecified atom stereocenters. The van der Waals surface area contributed by atoms with E-state index in [1.807, 2.05) is 6.92 Å². The lowest BCUT2D eigenvalue weighted by Crippen LogP contribution is -2.51. The van der Waals surface area contributed by atoms with Crippen LogP contribution in [0, 0.1) is 5.92 Å². The second-order valence-corrected chi connectivity index (χ2v) is 17.0. The van der Waals surface area contributed by atoms with Gasteiger partial charge in [-0.25, -0.2) is 9.59 Å². The molecule has 1 aromatic heterocycles. The molecule has 0 spiro atoms. The van der Waals surface area contributed by atoms with E-state index in [0.717, 1.165) is 11.6 Å². The molecule has 5 amide bonds. The molecule has 19 heteroatoms. The Kier molecular flexibility index (Phi) is 17.5. The van der Waals surface area contributed by atoms with Crippen LogP contribution in [0.25, 0.3) is 22.0 Å². The number of rotatable bonds is 20. The Hall–Kier alpha value is -6.41. The van der Waals surface area contributed by atoms with Crippen LogP contribution in [-0.2, 0) is 44.9 Å². The molecule has 65 heavy (non-hydrogen) atoms. The van der Waals surface area contributed by atoms with Crippen molar-refractivity contribution in [1.29, 1.82) is 0 Å². The number of anilines is 1. The number of para-hydroxylation sites is 1. The van der Waals surface area contributed by atoms with E-state index in [9.17, 15) is 36.9 Å². The summed E-state index contributed by atoms with van der Waals surface area (Å²) in [6, 6.07) is 21.9. The zero-order valence-corrected chi connectivity index (χ0v) is 37.2. The summed E-state index contributed by atoms with van der Waals surface area (Å²) >= 11 is -1.64. The summed E-state index contributed by atoms with van der Waals surface area (Å²) in [7, 11) is 1.63. The Morgan fingerprint density at radius 1 is 0.908 bits per heavy atom. The number of alkyl carbamates (subject to hydrolysis) is 1. The third-order valence-electron chi connectivity index (χ3n) is 10.2. The third-order valence-corrected chi connectivity index (χ3v) is 11.6. The molecule has 3 atom stereocenters. The van der Waals surface area contributed by atoms with Gasteiger partial charge >= 0.3 is 18.3 Å². The van der Waals surface area contributed by atoms with Crippen LogP contribution in [0.2, 0.25) is 0 Å². The van der Waals surface area contributed by atoms with Crippen molar-refractivity contribution in [3.8, 4) is 22.6 Å². The van der Waals surface area contributed by atoms with E-state index in [0.29, 0.717) is 57.0 Å². The first-order chi connectivity index (χ1) is 30.9. The Bertz CT molecular complexity index is 2440. The number of fused-ring (bicyclic) bond motifs is 1. The molecule has 0 aliphatic rings. The fraction of sp³-hybridized carbons (Fsp3) is 0.326. The monoisotopic (exact) mass is 918 g/mol. The Morgan fingerprint density at radius 3 is 2.28 bits per heavy atom. The number of nitrogens with one attached hydrogen (secondary N) is 4. The van der Waals surface area contributed by atoms with E-state index < -0.39 is 59.1 Å². The number of urea groups is 1. The number of aryl methyl sites for hydroxylation is 1. The summed E-state index contributed by atoms with van der Waals surface area (Å²) in [6.07, 6.45) is -2.67. The number of alkyl halides is 3. The van der Waals surface area contributed by atoms with Crippen molar-refractivity contribution in [3.05, 3.63) is 114 Å². The molecule has 15 nitrogen and oxygen atoms in total. The quantitative estimate of drug-likeness (QED) is 0.0346. The standard InChI is InChI=1S/C46H53F3N8O7S/c1-5-30-26-54-41-36(14-8-15-37(41)46(47,48)49)39(30)31-10-6-11-33(24-31)64-34-12-7-13-35(25-34)65(62)57(4)23-22-53-45(61)63-27-29-17-19-32(20-18-29)55-42(58)38(16-9-21-52-44(51)60)56-43(59)40(50)28(2)3/h6-8,10-15,17-20,24-26,28,38,40H,5,9,16,21-23,27,50H2,1-4H3,(H,53,61)(H,55,58)(H,56,59)(H3,51,52,60)/t38-,40-,65?/m0/s1. The van der Waals surface area contributed by atoms with E-state index in [2.05, 4.69) is 26.3 Å². The van der Waals surface area contributed by atoms with E-state index in [1.165, 1.54) is 16.6 Å². The van der Waals surface area contributed by atoms with E-state index >= 15 is 0 Å². The van der Waals surface area contributed by atoms with Crippen molar-refractivity contribution in [2.45, 2.75) is 69.8 Å². The molecule has 4 aromatic carbocycles. The number of pyridine rings is 1. The maximum Gasteiger partial charge on any atom is 0.418 e. The Balaban J connectivity index is 1.11. The number of benzene rings is 4. The summed E-state index contributed by atoms with van der Waals surface area (Å²) in [4.78, 5) is 53.9. The van der Waals surface area contributed by atoms with Gasteiger partial charge in [-0.05, 0) is 89.9 Å². The van der Waals surface area contributed by atoms with Crippen LogP contribution in [0.5, 0.6) is 11.5 Å². The molecular weight excluding hydrogens is 866 g/mol. The number of halogens is 3. The number of hydrogen-bond acceptors (Lipinski definition) is 10. The first kappa shape index (κ1) is 49.6. The van der Waals surface area contributed by atoms with Gasteiger partial charge in [0.1, 0.15) is 24.1 Å².